The predicted octanol–water partition coefficient (Wildman–Crippen LogP) is 1.97. The number of hydrogen-bond acceptors (Lipinski definition) is 5. The number of aliphatic hydroxyl groups is 1. The number of amides is 2. The molecule has 28 heavy (non-hydrogen) atoms. The summed E-state index contributed by atoms with van der Waals surface area (Å²) in [6, 6.07) is 8.03. The number of imidazole rings is 1. The summed E-state index contributed by atoms with van der Waals surface area (Å²) in [5, 5.41) is 12.9. The Morgan fingerprint density at radius 3 is 2.86 bits per heavy atom. The Balaban J connectivity index is 1.69. The first-order valence-corrected chi connectivity index (χ1v) is 10.4. The summed E-state index contributed by atoms with van der Waals surface area (Å²) in [5.41, 5.74) is 2.73. The number of aromatic nitrogens is 2. The van der Waals surface area contributed by atoms with E-state index in [4.69, 9.17) is 0 Å². The number of hydrogen-bond donors (Lipinski definition) is 2. The summed E-state index contributed by atoms with van der Waals surface area (Å²) < 4.78 is 1.67. The number of aliphatic hydroxyl groups excluding tert-OH is 1. The summed E-state index contributed by atoms with van der Waals surface area (Å²) >= 11 is 1.29. The monoisotopic (exact) mass is 402 g/mol. The molecule has 8 heteroatoms. The summed E-state index contributed by atoms with van der Waals surface area (Å²) in [4.78, 5) is 31.1. The van der Waals surface area contributed by atoms with Crippen LogP contribution in [0.1, 0.15) is 31.5 Å². The normalized spacial score (nSPS) is 13.5. The van der Waals surface area contributed by atoms with Gasteiger partial charge >= 0.3 is 0 Å². The lowest BCUT2D eigenvalue weighted by Gasteiger charge is -2.29. The van der Waals surface area contributed by atoms with Crippen LogP contribution in [0.5, 0.6) is 0 Å². The van der Waals surface area contributed by atoms with Gasteiger partial charge in [-0.1, -0.05) is 30.0 Å². The molecule has 150 valence electrons. The van der Waals surface area contributed by atoms with Gasteiger partial charge in [0.15, 0.2) is 5.16 Å². The van der Waals surface area contributed by atoms with Gasteiger partial charge in [-0.05, 0) is 38.3 Å². The average Bonchev–Trinajstić information content (AvgIpc) is 3.06. The van der Waals surface area contributed by atoms with Crippen LogP contribution in [-0.4, -0.2) is 44.8 Å². The molecule has 1 aromatic carbocycles. The molecule has 2 aromatic rings. The fourth-order valence-electron chi connectivity index (χ4n) is 3.31. The van der Waals surface area contributed by atoms with Crippen molar-refractivity contribution >= 4 is 29.3 Å². The Morgan fingerprint density at radius 1 is 1.32 bits per heavy atom. The maximum absolute atomic E-state index is 12.8. The van der Waals surface area contributed by atoms with Crippen molar-refractivity contribution in [3.05, 3.63) is 41.7 Å². The summed E-state index contributed by atoms with van der Waals surface area (Å²) in [5.74, 6) is 0.0897. The first kappa shape index (κ1) is 20.4. The zero-order chi connectivity index (χ0) is 20.1. The number of thioether (sulfide) groups is 1. The van der Waals surface area contributed by atoms with Crippen LogP contribution in [0.2, 0.25) is 0 Å². The highest BCUT2D eigenvalue weighted by Crippen LogP contribution is 2.28. The first-order chi connectivity index (χ1) is 13.5. The molecule has 2 heterocycles. The van der Waals surface area contributed by atoms with Gasteiger partial charge in [0, 0.05) is 18.3 Å². The van der Waals surface area contributed by atoms with E-state index in [-0.39, 0.29) is 36.8 Å². The van der Waals surface area contributed by atoms with Gasteiger partial charge in [0.1, 0.15) is 6.54 Å². The van der Waals surface area contributed by atoms with E-state index in [1.54, 1.807) is 10.8 Å². The van der Waals surface area contributed by atoms with Gasteiger partial charge in [-0.2, -0.15) is 0 Å². The molecule has 0 atom stereocenters. The van der Waals surface area contributed by atoms with E-state index in [1.807, 2.05) is 36.9 Å². The Kier molecular flexibility index (Phi) is 6.74. The zero-order valence-electron chi connectivity index (χ0n) is 16.2. The van der Waals surface area contributed by atoms with E-state index >= 15 is 0 Å². The predicted molar refractivity (Wildman–Crippen MR) is 109 cm³/mol. The third-order valence-electron chi connectivity index (χ3n) is 4.55. The van der Waals surface area contributed by atoms with Crippen LogP contribution in [0.3, 0.4) is 0 Å². The molecule has 2 amide bonds. The second-order valence-electron chi connectivity index (χ2n) is 7.06. The lowest BCUT2D eigenvalue weighted by molar-refractivity contribution is -0.122. The average molecular weight is 403 g/mol. The van der Waals surface area contributed by atoms with E-state index in [0.29, 0.717) is 17.4 Å². The Morgan fingerprint density at radius 2 is 2.11 bits per heavy atom. The molecule has 1 aliphatic heterocycles. The van der Waals surface area contributed by atoms with Gasteiger partial charge in [-0.15, -0.1) is 0 Å². The zero-order valence-corrected chi connectivity index (χ0v) is 17.0. The number of nitrogens with zero attached hydrogens (tertiary/aromatic N) is 3. The van der Waals surface area contributed by atoms with Gasteiger partial charge in [0.2, 0.25) is 11.8 Å². The second-order valence-corrected chi connectivity index (χ2v) is 8.01. The van der Waals surface area contributed by atoms with Crippen LogP contribution in [0.25, 0.3) is 0 Å². The molecule has 0 fully saturated rings. The molecule has 3 rings (SSSR count). The standard InChI is InChI=1S/C20H26N4O3S/c1-14(2)22-18(26)11-24-16(12-25)10-21-20(24)28-13-19(27)23-9-5-7-15-6-3-4-8-17(15)23/h3-4,6,8,10,14,25H,5,7,9,11-13H2,1-2H3,(H,22,26). The van der Waals surface area contributed by atoms with Crippen LogP contribution in [0.4, 0.5) is 5.69 Å². The highest BCUT2D eigenvalue weighted by atomic mass is 32.2. The molecule has 1 aliphatic rings. The van der Waals surface area contributed by atoms with Crippen molar-refractivity contribution in [2.45, 2.75) is 51.0 Å². The molecular formula is C20H26N4O3S. The Bertz CT molecular complexity index is 850. The summed E-state index contributed by atoms with van der Waals surface area (Å²) in [7, 11) is 0. The minimum absolute atomic E-state index is 0.0175. The smallest absolute Gasteiger partial charge is 0.240 e. The van der Waals surface area contributed by atoms with Crippen molar-refractivity contribution in [2.75, 3.05) is 17.2 Å². The highest BCUT2D eigenvalue weighted by molar-refractivity contribution is 7.99. The maximum Gasteiger partial charge on any atom is 0.240 e. The molecule has 0 saturated heterocycles. The van der Waals surface area contributed by atoms with Crippen molar-refractivity contribution in [2.24, 2.45) is 0 Å². The van der Waals surface area contributed by atoms with Crippen molar-refractivity contribution in [1.29, 1.82) is 0 Å². The Hall–Kier alpha value is -2.32. The largest absolute Gasteiger partial charge is 0.390 e. The number of nitrogens with one attached hydrogen (secondary N) is 1. The van der Waals surface area contributed by atoms with Crippen LogP contribution in [0, 0.1) is 0 Å². The quantitative estimate of drug-likeness (QED) is 0.692. The van der Waals surface area contributed by atoms with Crippen LogP contribution in [0.15, 0.2) is 35.6 Å². The fraction of sp³-hybridized carbons (Fsp3) is 0.450. The molecule has 0 spiro atoms. The molecule has 2 N–H and O–H groups in total. The molecule has 0 aliphatic carbocycles. The number of benzene rings is 1. The molecular weight excluding hydrogens is 376 g/mol. The van der Waals surface area contributed by atoms with Gasteiger partial charge in [0.25, 0.3) is 0 Å². The van der Waals surface area contributed by atoms with Gasteiger partial charge < -0.3 is 19.9 Å². The number of rotatable bonds is 7. The molecule has 1 aromatic heterocycles. The molecule has 0 bridgehead atoms. The number of anilines is 1. The summed E-state index contributed by atoms with van der Waals surface area (Å²) in [6.07, 6.45) is 3.49. The molecule has 0 saturated carbocycles. The van der Waals surface area contributed by atoms with Gasteiger partial charge in [0.05, 0.1) is 24.3 Å². The van der Waals surface area contributed by atoms with E-state index in [0.717, 1.165) is 18.5 Å². The van der Waals surface area contributed by atoms with Gasteiger partial charge in [-0.25, -0.2) is 4.98 Å². The number of fused-ring (bicyclic) bond motifs is 1. The van der Waals surface area contributed by atoms with Gasteiger partial charge in [-0.3, -0.25) is 9.59 Å². The van der Waals surface area contributed by atoms with E-state index in [2.05, 4.69) is 16.4 Å². The van der Waals surface area contributed by atoms with E-state index < -0.39 is 0 Å². The van der Waals surface area contributed by atoms with Crippen molar-refractivity contribution < 1.29 is 14.7 Å². The van der Waals surface area contributed by atoms with E-state index in [9.17, 15) is 14.7 Å². The number of aryl methyl sites for hydroxylation is 1. The molecule has 0 radical (unpaired) electrons. The van der Waals surface area contributed by atoms with E-state index in [1.165, 1.54) is 17.3 Å². The molecule has 0 unspecified atom stereocenters. The third kappa shape index (κ3) is 4.74. The topological polar surface area (TPSA) is 87.5 Å². The van der Waals surface area contributed by atoms with Crippen LogP contribution < -0.4 is 10.2 Å². The Labute approximate surface area is 169 Å². The minimum Gasteiger partial charge on any atom is -0.390 e. The maximum atomic E-state index is 12.8. The number of carbonyl (C=O) groups excluding carboxylic acids is 2. The SMILES string of the molecule is CC(C)NC(=O)Cn1c(CO)cnc1SCC(=O)N1CCCc2ccccc21. The van der Waals surface area contributed by atoms with Crippen molar-refractivity contribution in [3.8, 4) is 0 Å². The highest BCUT2D eigenvalue weighted by Gasteiger charge is 2.23. The number of carbonyl (C=O) groups is 2. The van der Waals surface area contributed by atoms with Crippen molar-refractivity contribution in [1.82, 2.24) is 14.9 Å². The fourth-order valence-corrected chi connectivity index (χ4v) is 4.18. The van der Waals surface area contributed by atoms with Crippen LogP contribution in [-0.2, 0) is 29.2 Å². The number of para-hydroxylation sites is 1. The second kappa shape index (κ2) is 9.25. The molecule has 7 nitrogen and oxygen atoms in total. The third-order valence-corrected chi connectivity index (χ3v) is 5.53. The summed E-state index contributed by atoms with van der Waals surface area (Å²) in [6.45, 7) is 4.35. The lowest BCUT2D eigenvalue weighted by Crippen LogP contribution is -2.36. The van der Waals surface area contributed by atoms with Crippen molar-refractivity contribution in [3.63, 3.8) is 0 Å². The lowest BCUT2D eigenvalue weighted by atomic mass is 10.0. The minimum atomic E-state index is -0.212. The first-order valence-electron chi connectivity index (χ1n) is 9.45. The van der Waals surface area contributed by atoms with Crippen LogP contribution >= 0.6 is 11.8 Å².